The van der Waals surface area contributed by atoms with Crippen molar-refractivity contribution in [1.82, 2.24) is 4.90 Å². The van der Waals surface area contributed by atoms with E-state index in [2.05, 4.69) is 22.6 Å². The predicted molar refractivity (Wildman–Crippen MR) is 104 cm³/mol. The van der Waals surface area contributed by atoms with Crippen LogP contribution in [-0.2, 0) is 11.6 Å². The van der Waals surface area contributed by atoms with Gasteiger partial charge in [-0.15, -0.1) is 0 Å². The van der Waals surface area contributed by atoms with E-state index in [1.807, 2.05) is 37.3 Å². The molecular weight excluding hydrogens is 454 g/mol. The maximum atomic E-state index is 13.3. The van der Waals surface area contributed by atoms with Crippen LogP contribution in [0.15, 0.2) is 48.5 Å². The maximum absolute atomic E-state index is 13.3. The van der Waals surface area contributed by atoms with Crippen molar-refractivity contribution in [2.75, 3.05) is 11.5 Å². The Hall–Kier alpha value is -1.57. The van der Waals surface area contributed by atoms with Crippen molar-refractivity contribution >= 4 is 28.5 Å². The largest absolute Gasteiger partial charge is 0.416 e. The van der Waals surface area contributed by atoms with Crippen LogP contribution in [-0.4, -0.2) is 22.3 Å². The van der Waals surface area contributed by atoms with Gasteiger partial charge in [0.05, 0.1) is 11.6 Å². The van der Waals surface area contributed by atoms with Crippen molar-refractivity contribution in [3.8, 4) is 0 Å². The van der Waals surface area contributed by atoms with Crippen LogP contribution < -0.4 is 0 Å². The minimum absolute atomic E-state index is 0.239. The van der Waals surface area contributed by atoms with E-state index in [-0.39, 0.29) is 11.9 Å². The third kappa shape index (κ3) is 2.92. The summed E-state index contributed by atoms with van der Waals surface area (Å²) in [5, 5.41) is 0. The number of hydrogen-bond acceptors (Lipinski definition) is 1. The van der Waals surface area contributed by atoms with Crippen molar-refractivity contribution in [2.45, 2.75) is 31.0 Å². The number of fused-ring (bicyclic) bond motifs is 1. The summed E-state index contributed by atoms with van der Waals surface area (Å²) in [5.41, 5.74) is 0.515. The lowest BCUT2D eigenvalue weighted by molar-refractivity contribution is -0.137. The highest BCUT2D eigenvalue weighted by molar-refractivity contribution is 14.1. The molecule has 1 heterocycles. The Labute approximate surface area is 164 Å². The lowest BCUT2D eigenvalue weighted by atomic mass is 9.66. The van der Waals surface area contributed by atoms with Gasteiger partial charge in [0.25, 0.3) is 5.91 Å². The quantitative estimate of drug-likeness (QED) is 0.419. The zero-order valence-electron chi connectivity index (χ0n) is 14.5. The molecule has 2 aromatic carbocycles. The molecule has 0 bridgehead atoms. The average Bonchev–Trinajstić information content (AvgIpc) is 2.64. The molecule has 2 aromatic rings. The second-order valence-corrected chi connectivity index (χ2v) is 7.39. The third-order valence-electron chi connectivity index (χ3n) is 5.33. The summed E-state index contributed by atoms with van der Waals surface area (Å²) in [6, 6.07) is 12.7. The smallest absolute Gasteiger partial charge is 0.334 e. The summed E-state index contributed by atoms with van der Waals surface area (Å²) in [5.74, 6) is -0.239. The number of amides is 1. The number of nitrogens with zero attached hydrogens (tertiary/aromatic N) is 1. The highest BCUT2D eigenvalue weighted by Gasteiger charge is 2.49. The number of benzene rings is 2. The van der Waals surface area contributed by atoms with E-state index in [1.165, 1.54) is 12.1 Å². The Morgan fingerprint density at radius 1 is 1.15 bits per heavy atom. The molecule has 6 heteroatoms. The molecule has 3 rings (SSSR count). The first-order valence-corrected chi connectivity index (χ1v) is 9.88. The van der Waals surface area contributed by atoms with E-state index >= 15 is 0 Å². The summed E-state index contributed by atoms with van der Waals surface area (Å²) < 4.78 is 40.5. The Morgan fingerprint density at radius 2 is 1.81 bits per heavy atom. The molecule has 1 aliphatic rings. The van der Waals surface area contributed by atoms with E-state index < -0.39 is 17.2 Å². The van der Waals surface area contributed by atoms with Gasteiger partial charge in [-0.3, -0.25) is 4.79 Å². The molecule has 0 radical (unpaired) electrons. The summed E-state index contributed by atoms with van der Waals surface area (Å²) in [6.45, 7) is 1.97. The SMILES string of the molecule is CC[C@]1(CI)c2cc(C(F)(F)F)ccc2C(=O)N(C)[C@@H]1c1ccccc1. The summed E-state index contributed by atoms with van der Waals surface area (Å²) in [4.78, 5) is 14.6. The molecule has 0 spiro atoms. The van der Waals surface area contributed by atoms with Crippen LogP contribution in [0.25, 0.3) is 0 Å². The van der Waals surface area contributed by atoms with E-state index in [4.69, 9.17) is 0 Å². The van der Waals surface area contributed by atoms with Crippen LogP contribution in [0, 0.1) is 0 Å². The molecule has 0 aliphatic carbocycles. The van der Waals surface area contributed by atoms with Crippen LogP contribution in [0.4, 0.5) is 13.2 Å². The summed E-state index contributed by atoms with van der Waals surface area (Å²) >= 11 is 2.23. The molecule has 2 nitrogen and oxygen atoms in total. The minimum atomic E-state index is -4.44. The van der Waals surface area contributed by atoms with Gasteiger partial charge >= 0.3 is 6.18 Å². The fraction of sp³-hybridized carbons (Fsp3) is 0.350. The number of alkyl halides is 4. The molecule has 0 aromatic heterocycles. The number of hydrogen-bond donors (Lipinski definition) is 0. The first-order chi connectivity index (χ1) is 12.3. The van der Waals surface area contributed by atoms with Crippen LogP contribution in [0.5, 0.6) is 0 Å². The van der Waals surface area contributed by atoms with Gasteiger partial charge in [-0.2, -0.15) is 13.2 Å². The fourth-order valence-corrected chi connectivity index (χ4v) is 5.31. The van der Waals surface area contributed by atoms with Crippen molar-refractivity contribution in [3.05, 3.63) is 70.8 Å². The normalized spacial score (nSPS) is 23.1. The second kappa shape index (κ2) is 6.87. The van der Waals surface area contributed by atoms with E-state index in [1.54, 1.807) is 11.9 Å². The Kier molecular flexibility index (Phi) is 5.07. The van der Waals surface area contributed by atoms with Gasteiger partial charge in [0.1, 0.15) is 0 Å². The van der Waals surface area contributed by atoms with E-state index in [9.17, 15) is 18.0 Å². The molecule has 2 atom stereocenters. The molecule has 0 fully saturated rings. The van der Waals surface area contributed by atoms with Gasteiger partial charge < -0.3 is 4.90 Å². The van der Waals surface area contributed by atoms with Gasteiger partial charge in [-0.25, -0.2) is 0 Å². The first-order valence-electron chi connectivity index (χ1n) is 8.36. The minimum Gasteiger partial charge on any atom is -0.334 e. The van der Waals surface area contributed by atoms with Crippen LogP contribution in [0.2, 0.25) is 0 Å². The van der Waals surface area contributed by atoms with Gasteiger partial charge in [-0.1, -0.05) is 59.8 Å². The number of rotatable bonds is 3. The topological polar surface area (TPSA) is 20.3 Å². The highest BCUT2D eigenvalue weighted by atomic mass is 127. The van der Waals surface area contributed by atoms with Crippen molar-refractivity contribution in [3.63, 3.8) is 0 Å². The Morgan fingerprint density at radius 3 is 2.35 bits per heavy atom. The van der Waals surface area contributed by atoms with Crippen molar-refractivity contribution in [1.29, 1.82) is 0 Å². The summed E-state index contributed by atoms with van der Waals surface area (Å²) in [7, 11) is 1.73. The molecule has 138 valence electrons. The number of carbonyl (C=O) groups excluding carboxylic acids is 1. The van der Waals surface area contributed by atoms with E-state index in [0.717, 1.165) is 11.6 Å². The highest BCUT2D eigenvalue weighted by Crippen LogP contribution is 2.50. The zero-order chi connectivity index (χ0) is 19.1. The van der Waals surface area contributed by atoms with Gasteiger partial charge in [0, 0.05) is 22.5 Å². The summed E-state index contributed by atoms with van der Waals surface area (Å²) in [6.07, 6.45) is -3.81. The number of carbonyl (C=O) groups is 1. The number of halogens is 4. The predicted octanol–water partition coefficient (Wildman–Crippen LogP) is 5.62. The molecule has 26 heavy (non-hydrogen) atoms. The Balaban J connectivity index is 2.30. The molecule has 0 N–H and O–H groups in total. The second-order valence-electron chi connectivity index (χ2n) is 6.63. The standard InChI is InChI=1S/C20H19F3INO/c1-3-19(12-24)16-11-14(20(21,22)23)9-10-15(16)18(26)25(2)17(19)13-7-5-4-6-8-13/h4-11,17H,3,12H2,1-2H3/t17-,19+/m1/s1. The van der Waals surface area contributed by atoms with Gasteiger partial charge in [0.15, 0.2) is 0 Å². The number of likely N-dealkylation sites (N-methyl/N-ethyl adjacent to an activating group) is 1. The lowest BCUT2D eigenvalue weighted by Crippen LogP contribution is -2.51. The van der Waals surface area contributed by atoms with Crippen molar-refractivity contribution < 1.29 is 18.0 Å². The van der Waals surface area contributed by atoms with Crippen LogP contribution in [0.1, 0.15) is 46.4 Å². The Bertz CT molecular complexity index is 816. The van der Waals surface area contributed by atoms with Crippen LogP contribution >= 0.6 is 22.6 Å². The van der Waals surface area contributed by atoms with Crippen LogP contribution in [0.3, 0.4) is 0 Å². The monoisotopic (exact) mass is 473 g/mol. The van der Waals surface area contributed by atoms with E-state index in [0.29, 0.717) is 22.0 Å². The van der Waals surface area contributed by atoms with Gasteiger partial charge in [0.2, 0.25) is 0 Å². The maximum Gasteiger partial charge on any atom is 0.416 e. The lowest BCUT2D eigenvalue weighted by Gasteiger charge is -2.49. The van der Waals surface area contributed by atoms with Gasteiger partial charge in [-0.05, 0) is 35.7 Å². The molecule has 1 aliphatic heterocycles. The fourth-order valence-electron chi connectivity index (χ4n) is 3.95. The zero-order valence-corrected chi connectivity index (χ0v) is 16.6. The molecule has 0 unspecified atom stereocenters. The third-order valence-corrected chi connectivity index (χ3v) is 6.69. The van der Waals surface area contributed by atoms with Crippen molar-refractivity contribution in [2.24, 2.45) is 0 Å². The average molecular weight is 473 g/mol. The molecular formula is C20H19F3INO. The first kappa shape index (κ1) is 19.2. The molecule has 0 saturated carbocycles. The molecule has 0 saturated heterocycles. The molecule has 1 amide bonds.